The van der Waals surface area contributed by atoms with Crippen LogP contribution in [0.25, 0.3) is 5.70 Å². The van der Waals surface area contributed by atoms with Crippen molar-refractivity contribution in [1.82, 2.24) is 4.90 Å². The Bertz CT molecular complexity index is 468. The number of nitrogens with one attached hydrogen (secondary N) is 1. The quantitative estimate of drug-likeness (QED) is 0.694. The van der Waals surface area contributed by atoms with E-state index in [2.05, 4.69) is 55.8 Å². The van der Waals surface area contributed by atoms with Crippen LogP contribution in [0.2, 0.25) is 0 Å². The Morgan fingerprint density at radius 3 is 2.48 bits per heavy atom. The monoisotopic (exact) mass is 286 g/mol. The minimum absolute atomic E-state index is 0.884. The Kier molecular flexibility index (Phi) is 5.72. The maximum Gasteiger partial charge on any atom is 0.0434 e. The number of benzene rings is 1. The average molecular weight is 286 g/mol. The van der Waals surface area contributed by atoms with Crippen molar-refractivity contribution in [3.63, 3.8) is 0 Å². The summed E-state index contributed by atoms with van der Waals surface area (Å²) in [5, 5.41) is 3.63. The lowest BCUT2D eigenvalue weighted by molar-refractivity contribution is 0.397. The Balaban J connectivity index is 2.17. The number of hydrogen-bond donors (Lipinski definition) is 1. The fourth-order valence-electron chi connectivity index (χ4n) is 2.72. The molecule has 0 spiro atoms. The molecule has 0 heterocycles. The molecule has 0 atom stereocenters. The van der Waals surface area contributed by atoms with Crippen LogP contribution in [0.1, 0.15) is 50.7 Å². The van der Waals surface area contributed by atoms with Crippen LogP contribution in [0.3, 0.4) is 0 Å². The van der Waals surface area contributed by atoms with E-state index < -0.39 is 0 Å². The van der Waals surface area contributed by atoms with Crippen molar-refractivity contribution >= 4 is 11.4 Å². The second kappa shape index (κ2) is 7.53. The van der Waals surface area contributed by atoms with Crippen LogP contribution >= 0.6 is 0 Å². The topological polar surface area (TPSA) is 15.3 Å². The minimum Gasteiger partial charge on any atom is -0.384 e. The van der Waals surface area contributed by atoms with Crippen molar-refractivity contribution in [2.45, 2.75) is 46.5 Å². The standard InChI is InChI=1S/C19H30N2/c1-5-11-21(12-6-2)16(4)18-13-15(3)7-10-19(18)20-14-17-8-9-17/h7,10,13,17,20H,4-6,8-9,11-12,14H2,1-3H3. The average Bonchev–Trinajstić information content (AvgIpc) is 3.29. The Labute approximate surface area is 130 Å². The van der Waals surface area contributed by atoms with Gasteiger partial charge in [0.25, 0.3) is 0 Å². The molecular formula is C19H30N2. The summed E-state index contributed by atoms with van der Waals surface area (Å²) in [6.45, 7) is 14.3. The third-order valence-electron chi connectivity index (χ3n) is 4.13. The zero-order valence-electron chi connectivity index (χ0n) is 13.9. The van der Waals surface area contributed by atoms with Crippen molar-refractivity contribution in [2.24, 2.45) is 5.92 Å². The molecule has 0 saturated heterocycles. The molecule has 1 aromatic rings. The van der Waals surface area contributed by atoms with Crippen LogP contribution in [-0.4, -0.2) is 24.5 Å². The van der Waals surface area contributed by atoms with Gasteiger partial charge in [0.15, 0.2) is 0 Å². The maximum atomic E-state index is 4.39. The molecule has 0 radical (unpaired) electrons. The summed E-state index contributed by atoms with van der Waals surface area (Å²) in [6, 6.07) is 6.68. The smallest absolute Gasteiger partial charge is 0.0434 e. The molecule has 2 heteroatoms. The molecule has 1 N–H and O–H groups in total. The molecule has 1 aromatic carbocycles. The molecule has 0 aliphatic heterocycles. The first kappa shape index (κ1) is 15.9. The number of hydrogen-bond acceptors (Lipinski definition) is 2. The van der Waals surface area contributed by atoms with Gasteiger partial charge in [-0.15, -0.1) is 0 Å². The van der Waals surface area contributed by atoms with Crippen LogP contribution in [-0.2, 0) is 0 Å². The molecule has 0 bridgehead atoms. The van der Waals surface area contributed by atoms with Gasteiger partial charge in [0.2, 0.25) is 0 Å². The normalized spacial score (nSPS) is 14.0. The predicted molar refractivity (Wildman–Crippen MR) is 93.6 cm³/mol. The van der Waals surface area contributed by atoms with E-state index in [0.717, 1.165) is 38.4 Å². The van der Waals surface area contributed by atoms with Crippen LogP contribution in [0.5, 0.6) is 0 Å². The molecular weight excluding hydrogens is 256 g/mol. The third kappa shape index (κ3) is 4.52. The molecule has 0 amide bonds. The fraction of sp³-hybridized carbons (Fsp3) is 0.579. The molecule has 0 unspecified atom stereocenters. The molecule has 1 aliphatic rings. The van der Waals surface area contributed by atoms with Crippen molar-refractivity contribution < 1.29 is 0 Å². The van der Waals surface area contributed by atoms with Gasteiger partial charge in [-0.1, -0.05) is 32.1 Å². The van der Waals surface area contributed by atoms with Crippen LogP contribution in [0.4, 0.5) is 5.69 Å². The zero-order chi connectivity index (χ0) is 15.2. The highest BCUT2D eigenvalue weighted by molar-refractivity contribution is 5.74. The van der Waals surface area contributed by atoms with Gasteiger partial charge in [-0.3, -0.25) is 0 Å². The molecule has 1 aliphatic carbocycles. The molecule has 2 nitrogen and oxygen atoms in total. The van der Waals surface area contributed by atoms with Crippen molar-refractivity contribution in [1.29, 1.82) is 0 Å². The molecule has 0 aromatic heterocycles. The predicted octanol–water partition coefficient (Wildman–Crippen LogP) is 4.91. The highest BCUT2D eigenvalue weighted by Crippen LogP contribution is 2.31. The lowest BCUT2D eigenvalue weighted by Crippen LogP contribution is -2.24. The fourth-order valence-corrected chi connectivity index (χ4v) is 2.72. The van der Waals surface area contributed by atoms with E-state index in [0.29, 0.717) is 0 Å². The number of rotatable bonds is 9. The largest absolute Gasteiger partial charge is 0.384 e. The summed E-state index contributed by atoms with van der Waals surface area (Å²) in [4.78, 5) is 2.43. The lowest BCUT2D eigenvalue weighted by Gasteiger charge is -2.28. The van der Waals surface area contributed by atoms with Gasteiger partial charge < -0.3 is 10.2 Å². The molecule has 116 valence electrons. The summed E-state index contributed by atoms with van der Waals surface area (Å²) >= 11 is 0. The number of aryl methyl sites for hydroxylation is 1. The van der Waals surface area contributed by atoms with Crippen LogP contribution in [0.15, 0.2) is 24.8 Å². The highest BCUT2D eigenvalue weighted by atomic mass is 15.1. The molecule has 21 heavy (non-hydrogen) atoms. The van der Waals surface area contributed by atoms with Gasteiger partial charge in [-0.25, -0.2) is 0 Å². The number of nitrogens with zero attached hydrogens (tertiary/aromatic N) is 1. The Hall–Kier alpha value is -1.44. The second-order valence-electron chi connectivity index (χ2n) is 6.31. The van der Waals surface area contributed by atoms with E-state index in [1.54, 1.807) is 0 Å². The first-order chi connectivity index (χ1) is 10.2. The van der Waals surface area contributed by atoms with Gasteiger partial charge in [0, 0.05) is 36.6 Å². The molecule has 2 rings (SSSR count). The first-order valence-electron chi connectivity index (χ1n) is 8.44. The second-order valence-corrected chi connectivity index (χ2v) is 6.31. The van der Waals surface area contributed by atoms with E-state index in [1.807, 2.05) is 0 Å². The molecule has 1 fully saturated rings. The Morgan fingerprint density at radius 1 is 1.24 bits per heavy atom. The highest BCUT2D eigenvalue weighted by Gasteiger charge is 2.21. The zero-order valence-corrected chi connectivity index (χ0v) is 13.9. The first-order valence-corrected chi connectivity index (χ1v) is 8.44. The third-order valence-corrected chi connectivity index (χ3v) is 4.13. The van der Waals surface area contributed by atoms with Crippen molar-refractivity contribution in [3.8, 4) is 0 Å². The summed E-state index contributed by atoms with van der Waals surface area (Å²) in [7, 11) is 0. The maximum absolute atomic E-state index is 4.39. The van der Waals surface area contributed by atoms with Gasteiger partial charge in [0.1, 0.15) is 0 Å². The van der Waals surface area contributed by atoms with Gasteiger partial charge >= 0.3 is 0 Å². The lowest BCUT2D eigenvalue weighted by atomic mass is 10.1. The van der Waals surface area contributed by atoms with Crippen LogP contribution < -0.4 is 5.32 Å². The SMILES string of the molecule is C=C(c1cc(C)ccc1NCC1CC1)N(CCC)CCC. The summed E-state index contributed by atoms with van der Waals surface area (Å²) < 4.78 is 0. The van der Waals surface area contributed by atoms with E-state index in [9.17, 15) is 0 Å². The van der Waals surface area contributed by atoms with E-state index in [1.165, 1.54) is 35.4 Å². The Morgan fingerprint density at radius 2 is 1.90 bits per heavy atom. The van der Waals surface area contributed by atoms with E-state index in [-0.39, 0.29) is 0 Å². The van der Waals surface area contributed by atoms with Gasteiger partial charge in [-0.05, 0) is 50.7 Å². The van der Waals surface area contributed by atoms with Gasteiger partial charge in [-0.2, -0.15) is 0 Å². The summed E-state index contributed by atoms with van der Waals surface area (Å²) in [5.41, 5.74) is 4.99. The van der Waals surface area contributed by atoms with Crippen molar-refractivity contribution in [2.75, 3.05) is 25.0 Å². The van der Waals surface area contributed by atoms with Crippen molar-refractivity contribution in [3.05, 3.63) is 35.9 Å². The van der Waals surface area contributed by atoms with Crippen LogP contribution in [0, 0.1) is 12.8 Å². The van der Waals surface area contributed by atoms with E-state index >= 15 is 0 Å². The van der Waals surface area contributed by atoms with Gasteiger partial charge in [0.05, 0.1) is 0 Å². The van der Waals surface area contributed by atoms with E-state index in [4.69, 9.17) is 0 Å². The molecule has 1 saturated carbocycles. The summed E-state index contributed by atoms with van der Waals surface area (Å²) in [5.74, 6) is 0.884. The number of anilines is 1. The minimum atomic E-state index is 0.884. The summed E-state index contributed by atoms with van der Waals surface area (Å²) in [6.07, 6.45) is 5.09.